The molecule has 0 radical (unpaired) electrons. The number of aliphatic carboxylic acids is 1. The lowest BCUT2D eigenvalue weighted by atomic mass is 10.1. The van der Waals surface area contributed by atoms with Crippen molar-refractivity contribution in [3.8, 4) is 17.2 Å². The summed E-state index contributed by atoms with van der Waals surface area (Å²) in [7, 11) is 2.52. The van der Waals surface area contributed by atoms with Crippen LogP contribution in [0.4, 0.5) is 0 Å². The number of benzene rings is 3. The van der Waals surface area contributed by atoms with Crippen molar-refractivity contribution in [2.45, 2.75) is 6.61 Å². The second-order valence-electron chi connectivity index (χ2n) is 6.64. The van der Waals surface area contributed by atoms with Crippen molar-refractivity contribution in [1.29, 1.82) is 5.41 Å². The Balaban J connectivity index is 0.00000187. The van der Waals surface area contributed by atoms with E-state index in [2.05, 4.69) is 0 Å². The van der Waals surface area contributed by atoms with Crippen molar-refractivity contribution < 1.29 is 29.2 Å². The van der Waals surface area contributed by atoms with Crippen molar-refractivity contribution in [3.63, 3.8) is 0 Å². The molecule has 3 N–H and O–H groups in total. The highest BCUT2D eigenvalue weighted by molar-refractivity contribution is 5.99. The summed E-state index contributed by atoms with van der Waals surface area (Å²) in [5, 5.41) is 23.9. The van der Waals surface area contributed by atoms with E-state index in [1.54, 1.807) is 18.2 Å². The molecule has 0 amide bonds. The summed E-state index contributed by atoms with van der Waals surface area (Å²) >= 11 is 0. The maximum atomic E-state index is 10.7. The van der Waals surface area contributed by atoms with Gasteiger partial charge in [0, 0.05) is 24.8 Å². The lowest BCUT2D eigenvalue weighted by molar-refractivity contribution is -0.131. The Morgan fingerprint density at radius 2 is 1.61 bits per heavy atom. The lowest BCUT2D eigenvalue weighted by Crippen LogP contribution is -2.11. The maximum absolute atomic E-state index is 10.7. The van der Waals surface area contributed by atoms with Crippen molar-refractivity contribution >= 4 is 17.8 Å². The number of aliphatic hydroxyl groups excluding tert-OH is 1. The van der Waals surface area contributed by atoms with Crippen LogP contribution in [0.15, 0.2) is 78.9 Å². The number of hydrogen-bond donors (Lipinski definition) is 3. The Morgan fingerprint density at radius 3 is 2.24 bits per heavy atom. The third-order valence-electron chi connectivity index (χ3n) is 4.44. The van der Waals surface area contributed by atoms with E-state index >= 15 is 0 Å². The number of carboxylic acids is 1. The molecule has 172 valence electrons. The zero-order valence-electron chi connectivity index (χ0n) is 18.5. The number of nitrogens with one attached hydrogen (secondary N) is 1. The summed E-state index contributed by atoms with van der Waals surface area (Å²) in [5.41, 5.74) is 2.87. The normalized spacial score (nSPS) is 10.2. The van der Waals surface area contributed by atoms with E-state index in [0.29, 0.717) is 35.1 Å². The molecule has 0 aliphatic heterocycles. The van der Waals surface area contributed by atoms with E-state index in [-0.39, 0.29) is 6.61 Å². The van der Waals surface area contributed by atoms with Gasteiger partial charge < -0.3 is 29.8 Å². The topological polar surface area (TPSA) is 109 Å². The van der Waals surface area contributed by atoms with Crippen LogP contribution in [-0.2, 0) is 11.4 Å². The zero-order valence-corrected chi connectivity index (χ0v) is 18.5. The van der Waals surface area contributed by atoms with Gasteiger partial charge in [0.05, 0.1) is 12.8 Å². The molecule has 3 aromatic carbocycles. The quantitative estimate of drug-likeness (QED) is 0.312. The summed E-state index contributed by atoms with van der Waals surface area (Å²) in [4.78, 5) is 10.7. The first-order chi connectivity index (χ1) is 16.0. The maximum Gasteiger partial charge on any atom is 0.328 e. The van der Waals surface area contributed by atoms with Crippen LogP contribution >= 0.6 is 0 Å². The van der Waals surface area contributed by atoms with Crippen LogP contribution in [0.3, 0.4) is 0 Å². The molecule has 0 saturated carbocycles. The van der Waals surface area contributed by atoms with Crippen molar-refractivity contribution in [3.05, 3.63) is 95.6 Å². The Bertz CT molecular complexity index is 1060. The fourth-order valence-corrected chi connectivity index (χ4v) is 2.81. The van der Waals surface area contributed by atoms with Crippen molar-refractivity contribution in [2.75, 3.05) is 20.8 Å². The van der Waals surface area contributed by atoms with Gasteiger partial charge in [-0.2, -0.15) is 0 Å². The molecule has 0 aliphatic carbocycles. The molecule has 7 heteroatoms. The highest BCUT2D eigenvalue weighted by Crippen LogP contribution is 2.26. The molecule has 0 bridgehead atoms. The predicted molar refractivity (Wildman–Crippen MR) is 127 cm³/mol. The molecule has 3 aromatic rings. The highest BCUT2D eigenvalue weighted by Gasteiger charge is 2.05. The fraction of sp³-hybridized carbons (Fsp3) is 0.154. The van der Waals surface area contributed by atoms with Crippen LogP contribution in [0.25, 0.3) is 6.08 Å². The minimum Gasteiger partial charge on any atom is -0.496 e. The smallest absolute Gasteiger partial charge is 0.328 e. The molecule has 33 heavy (non-hydrogen) atoms. The number of aliphatic hydroxyl groups is 1. The van der Waals surface area contributed by atoms with Crippen molar-refractivity contribution in [2.24, 2.45) is 0 Å². The molecule has 0 unspecified atom stereocenters. The average Bonchev–Trinajstić information content (AvgIpc) is 2.87. The molecule has 0 aliphatic rings. The van der Waals surface area contributed by atoms with Gasteiger partial charge in [0.15, 0.2) is 0 Å². The fourth-order valence-electron chi connectivity index (χ4n) is 2.81. The number of ether oxygens (including phenoxy) is 3. The molecule has 3 rings (SSSR count). The second kappa shape index (κ2) is 13.3. The Kier molecular flexibility index (Phi) is 10.2. The SMILES string of the molecule is CO.COc1cc(OCc2ccc(OCC(=N)c3ccccc3)cc2)ccc1/C=C/C(=O)O. The van der Waals surface area contributed by atoms with Gasteiger partial charge in [0.25, 0.3) is 0 Å². The van der Waals surface area contributed by atoms with E-state index in [1.165, 1.54) is 13.2 Å². The van der Waals surface area contributed by atoms with Crippen LogP contribution in [0, 0.1) is 5.41 Å². The first-order valence-corrected chi connectivity index (χ1v) is 10.1. The molecule has 0 heterocycles. The average molecular weight is 450 g/mol. The minimum absolute atomic E-state index is 0.197. The third kappa shape index (κ3) is 8.16. The van der Waals surface area contributed by atoms with Crippen LogP contribution in [0.1, 0.15) is 16.7 Å². The van der Waals surface area contributed by atoms with Crippen LogP contribution in [0.5, 0.6) is 17.2 Å². The van der Waals surface area contributed by atoms with Gasteiger partial charge in [-0.1, -0.05) is 42.5 Å². The number of methoxy groups -OCH3 is 1. The molecular formula is C26H27NO6. The molecule has 0 spiro atoms. The van der Waals surface area contributed by atoms with Gasteiger partial charge in [0.1, 0.15) is 30.5 Å². The lowest BCUT2D eigenvalue weighted by Gasteiger charge is -2.11. The number of hydrogen-bond acceptors (Lipinski definition) is 6. The molecule has 0 saturated heterocycles. The molecular weight excluding hydrogens is 422 g/mol. The van der Waals surface area contributed by atoms with Crippen LogP contribution in [-0.4, -0.2) is 42.7 Å². The Morgan fingerprint density at radius 1 is 0.939 bits per heavy atom. The molecule has 0 fully saturated rings. The predicted octanol–water partition coefficient (Wildman–Crippen LogP) is 4.43. The number of carbonyl (C=O) groups is 1. The number of carboxylic acid groups (broad SMARTS) is 1. The third-order valence-corrected chi connectivity index (χ3v) is 4.44. The van der Waals surface area contributed by atoms with Gasteiger partial charge in [-0.05, 0) is 41.5 Å². The monoisotopic (exact) mass is 449 g/mol. The van der Waals surface area contributed by atoms with E-state index < -0.39 is 5.97 Å². The highest BCUT2D eigenvalue weighted by atomic mass is 16.5. The Hall–Kier alpha value is -4.10. The standard InChI is InChI=1S/C25H23NO5.CH4O/c1-29-24-15-22(13-9-20(24)10-14-25(27)28)30-16-18-7-11-21(12-8-18)31-17-23(26)19-5-3-2-4-6-19;1-2/h2-15,26H,16-17H2,1H3,(H,27,28);2H,1H3/b14-10+,26-23?;. The van der Waals surface area contributed by atoms with E-state index in [0.717, 1.165) is 24.3 Å². The summed E-state index contributed by atoms with van der Waals surface area (Å²) in [6.07, 6.45) is 2.53. The largest absolute Gasteiger partial charge is 0.496 e. The van der Waals surface area contributed by atoms with E-state index in [1.807, 2.05) is 54.6 Å². The summed E-state index contributed by atoms with van der Waals surface area (Å²) in [6.45, 7) is 0.551. The summed E-state index contributed by atoms with van der Waals surface area (Å²) < 4.78 is 16.8. The van der Waals surface area contributed by atoms with E-state index in [4.69, 9.17) is 29.8 Å². The first-order valence-electron chi connectivity index (χ1n) is 10.1. The second-order valence-corrected chi connectivity index (χ2v) is 6.64. The molecule has 7 nitrogen and oxygen atoms in total. The summed E-state index contributed by atoms with van der Waals surface area (Å²) in [5.74, 6) is 0.799. The Labute approximate surface area is 193 Å². The summed E-state index contributed by atoms with van der Waals surface area (Å²) in [6, 6.07) is 22.2. The molecule has 0 aromatic heterocycles. The zero-order chi connectivity index (χ0) is 24.1. The van der Waals surface area contributed by atoms with Gasteiger partial charge in [-0.15, -0.1) is 0 Å². The van der Waals surface area contributed by atoms with Gasteiger partial charge in [-0.3, -0.25) is 0 Å². The van der Waals surface area contributed by atoms with Crippen molar-refractivity contribution in [1.82, 2.24) is 0 Å². The van der Waals surface area contributed by atoms with Gasteiger partial charge in [0.2, 0.25) is 0 Å². The van der Waals surface area contributed by atoms with Gasteiger partial charge >= 0.3 is 5.97 Å². The molecule has 0 atom stereocenters. The van der Waals surface area contributed by atoms with E-state index in [9.17, 15) is 4.79 Å². The van der Waals surface area contributed by atoms with Crippen LogP contribution < -0.4 is 14.2 Å². The van der Waals surface area contributed by atoms with Crippen LogP contribution in [0.2, 0.25) is 0 Å². The van der Waals surface area contributed by atoms with Gasteiger partial charge in [-0.25, -0.2) is 4.79 Å². The first kappa shape index (κ1) is 25.2. The number of rotatable bonds is 10. The minimum atomic E-state index is -1.02.